The quantitative estimate of drug-likeness (QED) is 0.516. The molecule has 0 radical (unpaired) electrons. The smallest absolute Gasteiger partial charge is 0.255 e. The largest absolute Gasteiger partial charge is 0.334 e. The molecule has 122 valence electrons. The molecular weight excluding hydrogens is 431 g/mol. The third-order valence-corrected chi connectivity index (χ3v) is 5.57. The second-order valence-corrected chi connectivity index (χ2v) is 7.59. The molecule has 0 atom stereocenters. The highest BCUT2D eigenvalue weighted by atomic mass is 127. The molecule has 2 heterocycles. The summed E-state index contributed by atoms with van der Waals surface area (Å²) in [5.41, 5.74) is 1.80. The van der Waals surface area contributed by atoms with E-state index in [0.29, 0.717) is 13.1 Å². The van der Waals surface area contributed by atoms with Crippen LogP contribution in [0.15, 0.2) is 66.3 Å². The highest BCUT2D eigenvalue weighted by molar-refractivity contribution is 14.1. The van der Waals surface area contributed by atoms with Crippen LogP contribution in [0.25, 0.3) is 0 Å². The van der Waals surface area contributed by atoms with E-state index in [9.17, 15) is 4.79 Å². The number of halogens is 1. The molecule has 2 aromatic heterocycles. The normalized spacial score (nSPS) is 10.5. The number of hydrogen-bond donors (Lipinski definition) is 0. The van der Waals surface area contributed by atoms with Gasteiger partial charge in [0.05, 0.1) is 5.56 Å². The monoisotopic (exact) mass is 448 g/mol. The van der Waals surface area contributed by atoms with Gasteiger partial charge in [-0.2, -0.15) is 0 Å². The van der Waals surface area contributed by atoms with E-state index in [0.717, 1.165) is 21.1 Å². The lowest BCUT2D eigenvalue weighted by Gasteiger charge is -2.23. The first-order valence-corrected chi connectivity index (χ1v) is 9.65. The van der Waals surface area contributed by atoms with Crippen LogP contribution in [0.5, 0.6) is 0 Å². The Hall–Kier alpha value is -1.73. The summed E-state index contributed by atoms with van der Waals surface area (Å²) in [6, 6.07) is 15.8. The summed E-state index contributed by atoms with van der Waals surface area (Å²) in [4.78, 5) is 20.4. The molecule has 0 spiro atoms. The summed E-state index contributed by atoms with van der Waals surface area (Å²) < 4.78 is 0.979. The van der Waals surface area contributed by atoms with Crippen molar-refractivity contribution in [2.45, 2.75) is 13.0 Å². The van der Waals surface area contributed by atoms with Gasteiger partial charge in [-0.15, -0.1) is 11.3 Å². The fourth-order valence-electron chi connectivity index (χ4n) is 2.47. The van der Waals surface area contributed by atoms with Gasteiger partial charge >= 0.3 is 0 Å². The van der Waals surface area contributed by atoms with Crippen LogP contribution in [0, 0.1) is 3.57 Å². The number of amides is 1. The molecule has 0 aliphatic carbocycles. The van der Waals surface area contributed by atoms with Crippen LogP contribution >= 0.6 is 33.9 Å². The van der Waals surface area contributed by atoms with Gasteiger partial charge in [-0.25, -0.2) is 0 Å². The minimum atomic E-state index is 0.0698. The Labute approximate surface area is 159 Å². The van der Waals surface area contributed by atoms with E-state index in [4.69, 9.17) is 0 Å². The number of pyridine rings is 1. The van der Waals surface area contributed by atoms with Crippen LogP contribution in [0.3, 0.4) is 0 Å². The van der Waals surface area contributed by atoms with Crippen molar-refractivity contribution in [3.8, 4) is 0 Å². The zero-order chi connectivity index (χ0) is 16.8. The van der Waals surface area contributed by atoms with E-state index in [1.54, 1.807) is 17.5 Å². The zero-order valence-corrected chi connectivity index (χ0v) is 16.0. The average Bonchev–Trinajstić information content (AvgIpc) is 3.13. The molecule has 3 nitrogen and oxygen atoms in total. The molecular formula is C19H17IN2OS. The molecule has 1 aromatic carbocycles. The number of nitrogens with zero attached hydrogens (tertiary/aromatic N) is 2. The standard InChI is InChI=1S/C19H17IN2OS/c20-18-8-2-1-7-17(18)19(23)22(11-9-16-6-4-12-24-16)14-15-5-3-10-21-13-15/h1-8,10,12-13H,9,11,14H2. The lowest BCUT2D eigenvalue weighted by Crippen LogP contribution is -2.33. The molecule has 0 unspecified atom stereocenters. The average molecular weight is 448 g/mol. The topological polar surface area (TPSA) is 33.2 Å². The molecule has 3 aromatic rings. The molecule has 1 amide bonds. The Balaban J connectivity index is 1.80. The Morgan fingerprint density at radius 2 is 2.00 bits per heavy atom. The Kier molecular flexibility index (Phi) is 5.98. The van der Waals surface area contributed by atoms with Crippen LogP contribution < -0.4 is 0 Å². The second-order valence-electron chi connectivity index (χ2n) is 5.40. The van der Waals surface area contributed by atoms with Crippen molar-refractivity contribution in [3.63, 3.8) is 0 Å². The van der Waals surface area contributed by atoms with Crippen molar-refractivity contribution in [2.24, 2.45) is 0 Å². The fraction of sp³-hybridized carbons (Fsp3) is 0.158. The van der Waals surface area contributed by atoms with Gasteiger partial charge in [0.1, 0.15) is 0 Å². The summed E-state index contributed by atoms with van der Waals surface area (Å²) in [6.07, 6.45) is 4.44. The van der Waals surface area contributed by atoms with Crippen molar-refractivity contribution >= 4 is 39.8 Å². The molecule has 0 aliphatic heterocycles. The number of hydrogen-bond acceptors (Lipinski definition) is 3. The van der Waals surface area contributed by atoms with Crippen molar-refractivity contribution in [1.82, 2.24) is 9.88 Å². The number of benzene rings is 1. The predicted octanol–water partition coefficient (Wildman–Crippen LogP) is 4.63. The Morgan fingerprint density at radius 1 is 1.12 bits per heavy atom. The van der Waals surface area contributed by atoms with Crippen LogP contribution in [0.2, 0.25) is 0 Å². The van der Waals surface area contributed by atoms with Gasteiger partial charge < -0.3 is 4.90 Å². The molecule has 0 N–H and O–H groups in total. The number of carbonyl (C=O) groups is 1. The Morgan fingerprint density at radius 3 is 2.71 bits per heavy atom. The van der Waals surface area contributed by atoms with Crippen molar-refractivity contribution in [1.29, 1.82) is 0 Å². The summed E-state index contributed by atoms with van der Waals surface area (Å²) in [5, 5.41) is 2.07. The molecule has 0 saturated carbocycles. The maximum absolute atomic E-state index is 13.0. The first kappa shape index (κ1) is 17.1. The maximum Gasteiger partial charge on any atom is 0.255 e. The molecule has 3 rings (SSSR count). The summed E-state index contributed by atoms with van der Waals surface area (Å²) in [7, 11) is 0. The van der Waals surface area contributed by atoms with E-state index in [1.165, 1.54) is 4.88 Å². The van der Waals surface area contributed by atoms with Crippen LogP contribution in [-0.4, -0.2) is 22.3 Å². The van der Waals surface area contributed by atoms with Gasteiger partial charge in [-0.05, 0) is 64.2 Å². The van der Waals surface area contributed by atoms with E-state index < -0.39 is 0 Å². The van der Waals surface area contributed by atoms with Crippen molar-refractivity contribution in [2.75, 3.05) is 6.54 Å². The molecule has 0 saturated heterocycles. The van der Waals surface area contributed by atoms with Crippen molar-refractivity contribution in [3.05, 3.63) is 85.9 Å². The first-order valence-electron chi connectivity index (χ1n) is 7.69. The van der Waals surface area contributed by atoms with Gasteiger partial charge in [0.25, 0.3) is 5.91 Å². The van der Waals surface area contributed by atoms with E-state index in [2.05, 4.69) is 39.0 Å². The Bertz CT molecular complexity index is 790. The maximum atomic E-state index is 13.0. The van der Waals surface area contributed by atoms with Gasteiger partial charge in [0.15, 0.2) is 0 Å². The summed E-state index contributed by atoms with van der Waals surface area (Å²) >= 11 is 3.95. The molecule has 0 aliphatic rings. The fourth-order valence-corrected chi connectivity index (χ4v) is 3.79. The molecule has 0 bridgehead atoms. The number of aromatic nitrogens is 1. The SMILES string of the molecule is O=C(c1ccccc1I)N(CCc1cccs1)Cc1cccnc1. The minimum absolute atomic E-state index is 0.0698. The molecule has 0 fully saturated rings. The molecule has 24 heavy (non-hydrogen) atoms. The highest BCUT2D eigenvalue weighted by Gasteiger charge is 2.18. The van der Waals surface area contributed by atoms with E-state index >= 15 is 0 Å². The van der Waals surface area contributed by atoms with Gasteiger partial charge in [0, 0.05) is 33.9 Å². The predicted molar refractivity (Wildman–Crippen MR) is 106 cm³/mol. The third kappa shape index (κ3) is 4.42. The van der Waals surface area contributed by atoms with Crippen LogP contribution in [0.4, 0.5) is 0 Å². The number of carbonyl (C=O) groups excluding carboxylic acids is 1. The number of rotatable bonds is 6. The lowest BCUT2D eigenvalue weighted by atomic mass is 10.1. The first-order chi connectivity index (χ1) is 11.7. The van der Waals surface area contributed by atoms with Crippen molar-refractivity contribution < 1.29 is 4.79 Å². The highest BCUT2D eigenvalue weighted by Crippen LogP contribution is 2.17. The summed E-state index contributed by atoms with van der Waals surface area (Å²) in [5.74, 6) is 0.0698. The lowest BCUT2D eigenvalue weighted by molar-refractivity contribution is 0.0744. The minimum Gasteiger partial charge on any atom is -0.334 e. The van der Waals surface area contributed by atoms with E-state index in [1.807, 2.05) is 53.6 Å². The number of thiophene rings is 1. The zero-order valence-electron chi connectivity index (χ0n) is 13.1. The van der Waals surface area contributed by atoms with Gasteiger partial charge in [0.2, 0.25) is 0 Å². The van der Waals surface area contributed by atoms with E-state index in [-0.39, 0.29) is 5.91 Å². The third-order valence-electron chi connectivity index (χ3n) is 3.70. The van der Waals surface area contributed by atoms with Gasteiger partial charge in [-0.1, -0.05) is 24.3 Å². The van der Waals surface area contributed by atoms with Crippen LogP contribution in [0.1, 0.15) is 20.8 Å². The summed E-state index contributed by atoms with van der Waals surface area (Å²) in [6.45, 7) is 1.27. The second kappa shape index (κ2) is 8.39. The molecule has 5 heteroatoms. The van der Waals surface area contributed by atoms with Gasteiger partial charge in [-0.3, -0.25) is 9.78 Å². The van der Waals surface area contributed by atoms with Crippen LogP contribution in [-0.2, 0) is 13.0 Å².